The van der Waals surface area contributed by atoms with E-state index in [-0.39, 0.29) is 0 Å². The van der Waals surface area contributed by atoms with Crippen molar-refractivity contribution in [3.63, 3.8) is 0 Å². The molecule has 132 valence electrons. The summed E-state index contributed by atoms with van der Waals surface area (Å²) in [6.07, 6.45) is 7.57. The van der Waals surface area contributed by atoms with Crippen LogP contribution in [0.4, 0.5) is 5.82 Å². The van der Waals surface area contributed by atoms with Crippen LogP contribution in [-0.4, -0.2) is 21.5 Å². The molecule has 4 heteroatoms. The number of anilines is 1. The van der Waals surface area contributed by atoms with Crippen LogP contribution in [0.3, 0.4) is 0 Å². The lowest BCUT2D eigenvalue weighted by Crippen LogP contribution is -2.22. The maximum atomic E-state index is 4.69. The summed E-state index contributed by atoms with van der Waals surface area (Å²) in [6, 6.07) is 2.06. The summed E-state index contributed by atoms with van der Waals surface area (Å²) in [6.45, 7) is 15.1. The zero-order valence-corrected chi connectivity index (χ0v) is 16.3. The third-order valence-corrected chi connectivity index (χ3v) is 3.64. The molecule has 0 aromatic carbocycles. The summed E-state index contributed by atoms with van der Waals surface area (Å²) in [7, 11) is 0. The van der Waals surface area contributed by atoms with Gasteiger partial charge in [-0.05, 0) is 39.2 Å². The Kier molecular flexibility index (Phi) is 8.37. The Morgan fingerprint density at radius 1 is 1.04 bits per heavy atom. The average Bonchev–Trinajstić information content (AvgIpc) is 2.64. The molecular weight excluding hydrogens is 296 g/mol. The fraction of sp³-hybridized carbons (Fsp3) is 0.550. The van der Waals surface area contributed by atoms with E-state index in [1.165, 1.54) is 6.42 Å². The minimum atomic E-state index is 0.819. The number of aromatic nitrogens is 3. The molecule has 0 fully saturated rings. The molecule has 0 radical (unpaired) electrons. The number of pyridine rings is 1. The van der Waals surface area contributed by atoms with E-state index in [1.54, 1.807) is 0 Å². The van der Waals surface area contributed by atoms with Gasteiger partial charge in [0.15, 0.2) is 0 Å². The number of allylic oxidation sites excluding steroid dienone is 1. The Bertz CT molecular complexity index is 672. The van der Waals surface area contributed by atoms with E-state index in [0.29, 0.717) is 0 Å². The number of hydrogen-bond donors (Lipinski definition) is 0. The van der Waals surface area contributed by atoms with E-state index in [4.69, 9.17) is 0 Å². The van der Waals surface area contributed by atoms with E-state index in [9.17, 15) is 0 Å². The lowest BCUT2D eigenvalue weighted by atomic mass is 10.1. The molecule has 0 saturated carbocycles. The Morgan fingerprint density at radius 3 is 2.33 bits per heavy atom. The molecule has 24 heavy (non-hydrogen) atoms. The van der Waals surface area contributed by atoms with Crippen molar-refractivity contribution in [3.8, 4) is 0 Å². The molecule has 0 saturated heterocycles. The van der Waals surface area contributed by atoms with Crippen LogP contribution in [0.1, 0.15) is 64.7 Å². The van der Waals surface area contributed by atoms with Gasteiger partial charge in [0.2, 0.25) is 0 Å². The summed E-state index contributed by atoms with van der Waals surface area (Å²) in [5.41, 5.74) is 3.12. The van der Waals surface area contributed by atoms with Crippen molar-refractivity contribution in [2.75, 3.05) is 11.4 Å². The van der Waals surface area contributed by atoms with Crippen molar-refractivity contribution in [2.24, 2.45) is 0 Å². The Hall–Kier alpha value is -1.97. The first-order valence-electron chi connectivity index (χ1n) is 9.27. The first-order chi connectivity index (χ1) is 11.7. The molecule has 2 aromatic heterocycles. The van der Waals surface area contributed by atoms with Gasteiger partial charge in [0.05, 0.1) is 16.6 Å². The smallest absolute Gasteiger partial charge is 0.146 e. The molecule has 1 aliphatic rings. The standard InChI is InChI=1S/C16H20N4.2C2H6/c1-4-13-15-14(10-11(2)17-13)18-12(3)19-16(15)20-8-6-5-7-9-20;2*1-2/h6,8,10H,4-5,7,9H2,1-3H3;2*1-2H3. The van der Waals surface area contributed by atoms with E-state index >= 15 is 0 Å². The first-order valence-corrected chi connectivity index (χ1v) is 9.27. The Morgan fingerprint density at radius 2 is 1.75 bits per heavy atom. The predicted octanol–water partition coefficient (Wildman–Crippen LogP) is 5.37. The summed E-state index contributed by atoms with van der Waals surface area (Å²) >= 11 is 0. The highest BCUT2D eigenvalue weighted by molar-refractivity contribution is 5.92. The molecule has 0 unspecified atom stereocenters. The van der Waals surface area contributed by atoms with Gasteiger partial charge in [0, 0.05) is 18.4 Å². The monoisotopic (exact) mass is 328 g/mol. The van der Waals surface area contributed by atoms with Crippen LogP contribution in [-0.2, 0) is 6.42 Å². The van der Waals surface area contributed by atoms with Crippen LogP contribution in [0.25, 0.3) is 10.9 Å². The summed E-state index contributed by atoms with van der Waals surface area (Å²) in [5.74, 6) is 1.83. The van der Waals surface area contributed by atoms with Gasteiger partial charge in [-0.3, -0.25) is 4.98 Å². The summed E-state index contributed by atoms with van der Waals surface area (Å²) < 4.78 is 0. The quantitative estimate of drug-likeness (QED) is 0.743. The van der Waals surface area contributed by atoms with Gasteiger partial charge >= 0.3 is 0 Å². The molecule has 0 aliphatic carbocycles. The molecule has 3 rings (SSSR count). The van der Waals surface area contributed by atoms with Gasteiger partial charge in [0.25, 0.3) is 0 Å². The molecule has 0 spiro atoms. The predicted molar refractivity (Wildman–Crippen MR) is 105 cm³/mol. The molecule has 0 N–H and O–H groups in total. The van der Waals surface area contributed by atoms with Crippen LogP contribution in [0.2, 0.25) is 0 Å². The minimum Gasteiger partial charge on any atom is -0.333 e. The maximum Gasteiger partial charge on any atom is 0.146 e. The lowest BCUT2D eigenvalue weighted by molar-refractivity contribution is 0.776. The third-order valence-electron chi connectivity index (χ3n) is 3.64. The van der Waals surface area contributed by atoms with Gasteiger partial charge in [-0.2, -0.15) is 0 Å². The fourth-order valence-corrected chi connectivity index (χ4v) is 2.76. The van der Waals surface area contributed by atoms with Gasteiger partial charge in [-0.1, -0.05) is 40.7 Å². The van der Waals surface area contributed by atoms with E-state index in [1.807, 2.05) is 41.5 Å². The van der Waals surface area contributed by atoms with Crippen LogP contribution < -0.4 is 4.90 Å². The third kappa shape index (κ3) is 4.53. The van der Waals surface area contributed by atoms with Crippen molar-refractivity contribution in [2.45, 2.75) is 67.7 Å². The number of nitrogens with zero attached hydrogens (tertiary/aromatic N) is 4. The second kappa shape index (κ2) is 10.0. The van der Waals surface area contributed by atoms with Crippen LogP contribution in [0.5, 0.6) is 0 Å². The highest BCUT2D eigenvalue weighted by Crippen LogP contribution is 2.29. The van der Waals surface area contributed by atoms with E-state index in [0.717, 1.165) is 53.3 Å². The van der Waals surface area contributed by atoms with Crippen molar-refractivity contribution < 1.29 is 0 Å². The molecule has 3 heterocycles. The topological polar surface area (TPSA) is 41.9 Å². The Labute approximate surface area is 147 Å². The Balaban J connectivity index is 0.000000671. The van der Waals surface area contributed by atoms with Gasteiger partial charge in [-0.15, -0.1) is 0 Å². The zero-order chi connectivity index (χ0) is 18.1. The molecule has 1 aliphatic heterocycles. The largest absolute Gasteiger partial charge is 0.333 e. The fourth-order valence-electron chi connectivity index (χ4n) is 2.76. The van der Waals surface area contributed by atoms with Crippen molar-refractivity contribution in [1.29, 1.82) is 0 Å². The summed E-state index contributed by atoms with van der Waals surface area (Å²) in [5, 5.41) is 1.11. The van der Waals surface area contributed by atoms with Crippen LogP contribution in [0.15, 0.2) is 18.3 Å². The second-order valence-corrected chi connectivity index (χ2v) is 5.27. The number of fused-ring (bicyclic) bond motifs is 1. The lowest BCUT2D eigenvalue weighted by Gasteiger charge is -2.24. The van der Waals surface area contributed by atoms with Crippen molar-refractivity contribution in [3.05, 3.63) is 35.6 Å². The molecular formula is C20H32N4. The second-order valence-electron chi connectivity index (χ2n) is 5.27. The van der Waals surface area contributed by atoms with Gasteiger partial charge in [-0.25, -0.2) is 9.97 Å². The molecule has 2 aromatic rings. The van der Waals surface area contributed by atoms with Gasteiger partial charge in [0.1, 0.15) is 11.6 Å². The van der Waals surface area contributed by atoms with Crippen LogP contribution >= 0.6 is 0 Å². The van der Waals surface area contributed by atoms with Crippen molar-refractivity contribution in [1.82, 2.24) is 15.0 Å². The average molecular weight is 329 g/mol. The molecule has 0 atom stereocenters. The molecule has 0 bridgehead atoms. The zero-order valence-electron chi connectivity index (χ0n) is 16.3. The SMILES string of the molecule is CC.CC.CCc1nc(C)cc2nc(C)nc(N3C=CCCC3)c12. The number of aryl methyl sites for hydroxylation is 3. The minimum absolute atomic E-state index is 0.819. The van der Waals surface area contributed by atoms with Crippen molar-refractivity contribution >= 4 is 16.7 Å². The molecule has 4 nitrogen and oxygen atoms in total. The van der Waals surface area contributed by atoms with Crippen LogP contribution in [0, 0.1) is 13.8 Å². The van der Waals surface area contributed by atoms with Gasteiger partial charge < -0.3 is 4.90 Å². The normalized spacial score (nSPS) is 13.0. The highest BCUT2D eigenvalue weighted by atomic mass is 15.2. The molecule has 0 amide bonds. The maximum absolute atomic E-state index is 4.69. The first kappa shape index (κ1) is 20.1. The van der Waals surface area contributed by atoms with E-state index < -0.39 is 0 Å². The number of hydrogen-bond acceptors (Lipinski definition) is 4. The summed E-state index contributed by atoms with van der Waals surface area (Å²) in [4.78, 5) is 16.2. The number of rotatable bonds is 2. The van der Waals surface area contributed by atoms with E-state index in [2.05, 4.69) is 45.1 Å². The highest BCUT2D eigenvalue weighted by Gasteiger charge is 2.17.